The molecule has 0 radical (unpaired) electrons. The first-order valence-electron chi connectivity index (χ1n) is 10.0. The first-order valence-corrected chi connectivity index (χ1v) is 10.0. The van der Waals surface area contributed by atoms with Gasteiger partial charge >= 0.3 is 0 Å². The monoisotopic (exact) mass is 389 g/mol. The van der Waals surface area contributed by atoms with Gasteiger partial charge in [0.15, 0.2) is 0 Å². The molecule has 4 aromatic rings. The molecular formula is C22H23N5O2. The lowest BCUT2D eigenvalue weighted by molar-refractivity contribution is 0.0374. The number of aryl methyl sites for hydroxylation is 1. The standard InChI is InChI=1S/C22H23N5O2/c28-22-20-19(24-18(25-20)9-5-11-26-12-14-29-15-13-26)17-8-4-10-23-21(17)27(22)16-6-2-1-3-7-16/h1-4,6-8,10H,5,9,11-15H2,(H,24,25). The Bertz CT molecular complexity index is 1190. The summed E-state index contributed by atoms with van der Waals surface area (Å²) in [5.74, 6) is 0.848. The van der Waals surface area contributed by atoms with E-state index in [4.69, 9.17) is 9.72 Å². The molecule has 7 heteroatoms. The number of hydrogen-bond acceptors (Lipinski definition) is 5. The molecule has 0 atom stereocenters. The number of nitrogens with zero attached hydrogens (tertiary/aromatic N) is 4. The molecule has 1 fully saturated rings. The topological polar surface area (TPSA) is 76.0 Å². The lowest BCUT2D eigenvalue weighted by Crippen LogP contribution is -2.36. The third-order valence-corrected chi connectivity index (χ3v) is 5.43. The highest BCUT2D eigenvalue weighted by Crippen LogP contribution is 2.22. The first kappa shape index (κ1) is 18.0. The molecule has 7 nitrogen and oxygen atoms in total. The molecule has 0 spiro atoms. The summed E-state index contributed by atoms with van der Waals surface area (Å²) in [7, 11) is 0. The van der Waals surface area contributed by atoms with Crippen molar-refractivity contribution in [1.82, 2.24) is 24.4 Å². The molecule has 148 valence electrons. The zero-order valence-corrected chi connectivity index (χ0v) is 16.2. The van der Waals surface area contributed by atoms with Crippen LogP contribution in [0.5, 0.6) is 0 Å². The molecule has 29 heavy (non-hydrogen) atoms. The minimum atomic E-state index is -0.121. The van der Waals surface area contributed by atoms with E-state index in [1.807, 2.05) is 42.5 Å². The lowest BCUT2D eigenvalue weighted by atomic mass is 10.2. The van der Waals surface area contributed by atoms with E-state index in [1.54, 1.807) is 10.8 Å². The lowest BCUT2D eigenvalue weighted by Gasteiger charge is -2.26. The summed E-state index contributed by atoms with van der Waals surface area (Å²) in [5.41, 5.74) is 2.54. The van der Waals surface area contributed by atoms with Gasteiger partial charge in [0, 0.05) is 31.1 Å². The van der Waals surface area contributed by atoms with Crippen molar-refractivity contribution >= 4 is 22.1 Å². The Balaban J connectivity index is 1.52. The third kappa shape index (κ3) is 3.43. The number of fused-ring (bicyclic) bond motifs is 3. The van der Waals surface area contributed by atoms with Crippen LogP contribution in [-0.2, 0) is 11.2 Å². The maximum Gasteiger partial charge on any atom is 0.282 e. The number of H-pyrrole nitrogens is 1. The molecule has 0 amide bonds. The molecule has 0 saturated carbocycles. The van der Waals surface area contributed by atoms with E-state index in [0.29, 0.717) is 16.7 Å². The third-order valence-electron chi connectivity index (χ3n) is 5.43. The fraction of sp³-hybridized carbons (Fsp3) is 0.318. The van der Waals surface area contributed by atoms with Crippen LogP contribution < -0.4 is 5.56 Å². The predicted octanol–water partition coefficient (Wildman–Crippen LogP) is 2.53. The summed E-state index contributed by atoms with van der Waals surface area (Å²) < 4.78 is 7.06. The number of benzene rings is 1. The largest absolute Gasteiger partial charge is 0.379 e. The van der Waals surface area contributed by atoms with Crippen LogP contribution in [0, 0.1) is 0 Å². The van der Waals surface area contributed by atoms with Crippen LogP contribution in [-0.4, -0.2) is 57.3 Å². The molecule has 4 heterocycles. The normalized spacial score (nSPS) is 15.3. The second-order valence-corrected chi connectivity index (χ2v) is 7.32. The maximum atomic E-state index is 13.3. The average molecular weight is 389 g/mol. The number of pyridine rings is 2. The Morgan fingerprint density at radius 1 is 1.07 bits per heavy atom. The van der Waals surface area contributed by atoms with E-state index in [1.165, 1.54) is 0 Å². The van der Waals surface area contributed by atoms with Gasteiger partial charge in [-0.2, -0.15) is 0 Å². The van der Waals surface area contributed by atoms with Gasteiger partial charge in [-0.05, 0) is 37.2 Å². The van der Waals surface area contributed by atoms with Crippen LogP contribution in [0.15, 0.2) is 53.5 Å². The van der Waals surface area contributed by atoms with Gasteiger partial charge in [0.05, 0.1) is 18.9 Å². The minimum Gasteiger partial charge on any atom is -0.379 e. The summed E-state index contributed by atoms with van der Waals surface area (Å²) in [6, 6.07) is 13.5. The van der Waals surface area contributed by atoms with E-state index in [0.717, 1.165) is 62.6 Å². The Labute approximate surface area is 168 Å². The molecule has 0 bridgehead atoms. The van der Waals surface area contributed by atoms with Crippen molar-refractivity contribution in [1.29, 1.82) is 0 Å². The van der Waals surface area contributed by atoms with Crippen LogP contribution in [0.4, 0.5) is 0 Å². The smallest absolute Gasteiger partial charge is 0.282 e. The number of ether oxygens (including phenoxy) is 1. The first-order chi connectivity index (χ1) is 14.3. The molecule has 0 aliphatic carbocycles. The quantitative estimate of drug-likeness (QED) is 0.568. The van der Waals surface area contributed by atoms with Crippen molar-refractivity contribution in [3.63, 3.8) is 0 Å². The van der Waals surface area contributed by atoms with Gasteiger partial charge in [-0.15, -0.1) is 0 Å². The van der Waals surface area contributed by atoms with E-state index in [9.17, 15) is 4.79 Å². The molecule has 1 saturated heterocycles. The summed E-state index contributed by atoms with van der Waals surface area (Å²) in [5, 5.41) is 0.877. The van der Waals surface area contributed by atoms with E-state index < -0.39 is 0 Å². The SMILES string of the molecule is O=c1c2[nH]c(CCCN3CCOCC3)nc2c2cccnc2n1-c1ccccc1. The summed E-state index contributed by atoms with van der Waals surface area (Å²) in [6.45, 7) is 4.60. The number of nitrogens with one attached hydrogen (secondary N) is 1. The Morgan fingerprint density at radius 3 is 2.72 bits per heavy atom. The van der Waals surface area contributed by atoms with Crippen molar-refractivity contribution in [2.24, 2.45) is 0 Å². The summed E-state index contributed by atoms with van der Waals surface area (Å²) in [4.78, 5) is 28.3. The number of aromatic nitrogens is 4. The summed E-state index contributed by atoms with van der Waals surface area (Å²) in [6.07, 6.45) is 3.50. The molecular weight excluding hydrogens is 366 g/mol. The van der Waals surface area contributed by atoms with Crippen molar-refractivity contribution in [2.45, 2.75) is 12.8 Å². The van der Waals surface area contributed by atoms with E-state index in [2.05, 4.69) is 14.9 Å². The van der Waals surface area contributed by atoms with Gasteiger partial charge < -0.3 is 9.72 Å². The number of aromatic amines is 1. The van der Waals surface area contributed by atoms with Crippen molar-refractivity contribution < 1.29 is 4.74 Å². The second kappa shape index (κ2) is 7.77. The van der Waals surface area contributed by atoms with Gasteiger partial charge in [-0.25, -0.2) is 9.97 Å². The highest BCUT2D eigenvalue weighted by molar-refractivity contribution is 6.01. The maximum absolute atomic E-state index is 13.3. The van der Waals surface area contributed by atoms with Crippen molar-refractivity contribution in [3.8, 4) is 5.69 Å². The van der Waals surface area contributed by atoms with Gasteiger partial charge in [-0.3, -0.25) is 14.3 Å². The van der Waals surface area contributed by atoms with Gasteiger partial charge in [0.1, 0.15) is 22.5 Å². The van der Waals surface area contributed by atoms with Gasteiger partial charge in [0.25, 0.3) is 5.56 Å². The van der Waals surface area contributed by atoms with Gasteiger partial charge in [-0.1, -0.05) is 18.2 Å². The zero-order chi connectivity index (χ0) is 19.6. The highest BCUT2D eigenvalue weighted by atomic mass is 16.5. The van der Waals surface area contributed by atoms with Crippen LogP contribution >= 0.6 is 0 Å². The number of para-hydroxylation sites is 1. The molecule has 5 rings (SSSR count). The second-order valence-electron chi connectivity index (χ2n) is 7.32. The molecule has 3 aromatic heterocycles. The van der Waals surface area contributed by atoms with Crippen LogP contribution in [0.25, 0.3) is 27.8 Å². The van der Waals surface area contributed by atoms with E-state index in [-0.39, 0.29) is 5.56 Å². The predicted molar refractivity (Wildman–Crippen MR) is 113 cm³/mol. The molecule has 0 unspecified atom stereocenters. The fourth-order valence-corrected chi connectivity index (χ4v) is 3.97. The number of imidazole rings is 1. The highest BCUT2D eigenvalue weighted by Gasteiger charge is 2.17. The Morgan fingerprint density at radius 2 is 1.90 bits per heavy atom. The van der Waals surface area contributed by atoms with Crippen LogP contribution in [0.1, 0.15) is 12.2 Å². The molecule has 1 N–H and O–H groups in total. The number of rotatable bonds is 5. The van der Waals surface area contributed by atoms with Crippen LogP contribution in [0.2, 0.25) is 0 Å². The number of hydrogen-bond donors (Lipinski definition) is 1. The Hall–Kier alpha value is -3.03. The van der Waals surface area contributed by atoms with Crippen LogP contribution in [0.3, 0.4) is 0 Å². The van der Waals surface area contributed by atoms with Crippen molar-refractivity contribution in [2.75, 3.05) is 32.8 Å². The van der Waals surface area contributed by atoms with E-state index >= 15 is 0 Å². The summed E-state index contributed by atoms with van der Waals surface area (Å²) >= 11 is 0. The Kier molecular flexibility index (Phi) is 4.83. The minimum absolute atomic E-state index is 0.121. The average Bonchev–Trinajstić information content (AvgIpc) is 3.20. The molecule has 1 aliphatic rings. The molecule has 1 aromatic carbocycles. The molecule has 1 aliphatic heterocycles. The van der Waals surface area contributed by atoms with Crippen molar-refractivity contribution in [3.05, 3.63) is 64.8 Å². The zero-order valence-electron chi connectivity index (χ0n) is 16.2. The van der Waals surface area contributed by atoms with Gasteiger partial charge in [0.2, 0.25) is 0 Å². The number of morpholine rings is 1. The fourth-order valence-electron chi connectivity index (χ4n) is 3.97.